The van der Waals surface area contributed by atoms with Crippen LogP contribution in [0.2, 0.25) is 0 Å². The molecular weight excluding hydrogens is 404 g/mol. The summed E-state index contributed by atoms with van der Waals surface area (Å²) < 4.78 is 0.584. The highest BCUT2D eigenvalue weighted by Gasteiger charge is 2.13. The van der Waals surface area contributed by atoms with Gasteiger partial charge in [0.25, 0.3) is 11.8 Å². The molecular formula is C22H19BrN2O2. The number of halogens is 1. The van der Waals surface area contributed by atoms with Crippen molar-refractivity contribution < 1.29 is 9.59 Å². The van der Waals surface area contributed by atoms with Crippen molar-refractivity contribution in [3.8, 4) is 0 Å². The fourth-order valence-corrected chi connectivity index (χ4v) is 3.15. The lowest BCUT2D eigenvalue weighted by Gasteiger charge is -2.09. The molecule has 5 heteroatoms. The topological polar surface area (TPSA) is 58.2 Å². The van der Waals surface area contributed by atoms with E-state index in [1.807, 2.05) is 60.7 Å². The van der Waals surface area contributed by atoms with Crippen molar-refractivity contribution in [3.05, 3.63) is 106 Å². The molecule has 136 valence electrons. The Morgan fingerprint density at radius 2 is 1.22 bits per heavy atom. The summed E-state index contributed by atoms with van der Waals surface area (Å²) in [6, 6.07) is 24.4. The quantitative estimate of drug-likeness (QED) is 0.621. The monoisotopic (exact) mass is 422 g/mol. The molecule has 3 rings (SSSR count). The van der Waals surface area contributed by atoms with Crippen LogP contribution >= 0.6 is 15.9 Å². The highest BCUT2D eigenvalue weighted by molar-refractivity contribution is 9.10. The van der Waals surface area contributed by atoms with Gasteiger partial charge in [0.05, 0.1) is 5.56 Å². The Labute approximate surface area is 166 Å². The zero-order valence-electron chi connectivity index (χ0n) is 14.6. The molecule has 0 radical (unpaired) electrons. The average molecular weight is 423 g/mol. The number of nitrogens with one attached hydrogen (secondary N) is 2. The van der Waals surface area contributed by atoms with E-state index in [-0.39, 0.29) is 11.8 Å². The first-order valence-corrected chi connectivity index (χ1v) is 9.36. The van der Waals surface area contributed by atoms with Crippen molar-refractivity contribution in [3.63, 3.8) is 0 Å². The smallest absolute Gasteiger partial charge is 0.252 e. The molecule has 0 aromatic heterocycles. The van der Waals surface area contributed by atoms with Crippen molar-refractivity contribution in [1.29, 1.82) is 0 Å². The van der Waals surface area contributed by atoms with Crippen LogP contribution in [0, 0.1) is 0 Å². The largest absolute Gasteiger partial charge is 0.348 e. The minimum atomic E-state index is -0.193. The number of benzene rings is 3. The zero-order chi connectivity index (χ0) is 19.1. The zero-order valence-corrected chi connectivity index (χ0v) is 16.2. The number of amides is 2. The van der Waals surface area contributed by atoms with Gasteiger partial charge >= 0.3 is 0 Å². The summed E-state index contributed by atoms with van der Waals surface area (Å²) in [4.78, 5) is 24.7. The third-order valence-corrected chi connectivity index (χ3v) is 4.72. The molecule has 27 heavy (non-hydrogen) atoms. The van der Waals surface area contributed by atoms with E-state index in [0.717, 1.165) is 11.1 Å². The molecule has 2 N–H and O–H groups in total. The van der Waals surface area contributed by atoms with E-state index in [1.54, 1.807) is 18.2 Å². The Morgan fingerprint density at radius 1 is 0.704 bits per heavy atom. The number of rotatable bonds is 6. The Hall–Kier alpha value is -2.92. The van der Waals surface area contributed by atoms with Crippen LogP contribution in [0.25, 0.3) is 0 Å². The van der Waals surface area contributed by atoms with Crippen molar-refractivity contribution in [1.82, 2.24) is 10.6 Å². The summed E-state index contributed by atoms with van der Waals surface area (Å²) in [5.74, 6) is -0.377. The van der Waals surface area contributed by atoms with E-state index in [9.17, 15) is 9.59 Å². The molecule has 0 atom stereocenters. The Bertz CT molecular complexity index is 928. The first kappa shape index (κ1) is 18.9. The molecule has 0 unspecified atom stereocenters. The van der Waals surface area contributed by atoms with E-state index in [4.69, 9.17) is 0 Å². The lowest BCUT2D eigenvalue weighted by molar-refractivity contribution is 0.0938. The molecule has 0 saturated heterocycles. The normalized spacial score (nSPS) is 10.3. The fraction of sp³-hybridized carbons (Fsp3) is 0.0909. The molecule has 3 aromatic rings. The SMILES string of the molecule is O=C(NCc1ccccc1)c1ccc(C(=O)NCc2ccccc2)c(Br)c1. The molecule has 0 heterocycles. The van der Waals surface area contributed by atoms with E-state index in [2.05, 4.69) is 26.6 Å². The maximum absolute atomic E-state index is 12.4. The van der Waals surface area contributed by atoms with Crippen LogP contribution in [-0.4, -0.2) is 11.8 Å². The first-order chi connectivity index (χ1) is 13.1. The third kappa shape index (κ3) is 5.28. The summed E-state index contributed by atoms with van der Waals surface area (Å²) in [5.41, 5.74) is 3.05. The molecule has 0 aliphatic rings. The van der Waals surface area contributed by atoms with Crippen molar-refractivity contribution in [2.45, 2.75) is 13.1 Å². The second-order valence-corrected chi connectivity index (χ2v) is 6.89. The van der Waals surface area contributed by atoms with Gasteiger partial charge in [-0.3, -0.25) is 9.59 Å². The minimum absolute atomic E-state index is 0.184. The van der Waals surface area contributed by atoms with Crippen LogP contribution in [0.4, 0.5) is 0 Å². The van der Waals surface area contributed by atoms with Crippen molar-refractivity contribution in [2.75, 3.05) is 0 Å². The first-order valence-electron chi connectivity index (χ1n) is 8.57. The summed E-state index contributed by atoms with van der Waals surface area (Å²) in [6.07, 6.45) is 0. The summed E-state index contributed by atoms with van der Waals surface area (Å²) in [5, 5.41) is 5.76. The molecule has 4 nitrogen and oxygen atoms in total. The number of carbonyl (C=O) groups excluding carboxylic acids is 2. The Morgan fingerprint density at radius 3 is 1.74 bits per heavy atom. The summed E-state index contributed by atoms with van der Waals surface area (Å²) in [6.45, 7) is 0.905. The summed E-state index contributed by atoms with van der Waals surface area (Å²) >= 11 is 3.40. The van der Waals surface area contributed by atoms with Gasteiger partial charge in [0.1, 0.15) is 0 Å². The predicted molar refractivity (Wildman–Crippen MR) is 109 cm³/mol. The molecule has 0 spiro atoms. The van der Waals surface area contributed by atoms with E-state index >= 15 is 0 Å². The van der Waals surface area contributed by atoms with Gasteiger partial charge in [0.15, 0.2) is 0 Å². The van der Waals surface area contributed by atoms with E-state index < -0.39 is 0 Å². The number of carbonyl (C=O) groups is 2. The lowest BCUT2D eigenvalue weighted by Crippen LogP contribution is -2.25. The van der Waals surface area contributed by atoms with Gasteiger partial charge in [0, 0.05) is 23.1 Å². The van der Waals surface area contributed by atoms with Crippen LogP contribution in [0.15, 0.2) is 83.3 Å². The van der Waals surface area contributed by atoms with Crippen LogP contribution in [0.5, 0.6) is 0 Å². The van der Waals surface area contributed by atoms with E-state index in [1.165, 1.54) is 0 Å². The van der Waals surface area contributed by atoms with Crippen LogP contribution < -0.4 is 10.6 Å². The molecule has 0 bridgehead atoms. The van der Waals surface area contributed by atoms with Gasteiger partial charge in [-0.25, -0.2) is 0 Å². The van der Waals surface area contributed by atoms with Crippen LogP contribution in [-0.2, 0) is 13.1 Å². The lowest BCUT2D eigenvalue weighted by atomic mass is 10.1. The minimum Gasteiger partial charge on any atom is -0.348 e. The Kier molecular flexibility index (Phi) is 6.39. The molecule has 0 aliphatic carbocycles. The maximum atomic E-state index is 12.4. The molecule has 0 aliphatic heterocycles. The van der Waals surface area contributed by atoms with E-state index in [0.29, 0.717) is 28.7 Å². The molecule has 0 saturated carbocycles. The van der Waals surface area contributed by atoms with Gasteiger partial charge in [0.2, 0.25) is 0 Å². The van der Waals surface area contributed by atoms with Gasteiger partial charge in [-0.15, -0.1) is 0 Å². The van der Waals surface area contributed by atoms with Gasteiger partial charge in [-0.05, 0) is 45.3 Å². The van der Waals surface area contributed by atoms with Crippen molar-refractivity contribution in [2.24, 2.45) is 0 Å². The second-order valence-electron chi connectivity index (χ2n) is 6.03. The van der Waals surface area contributed by atoms with Gasteiger partial charge < -0.3 is 10.6 Å². The highest BCUT2D eigenvalue weighted by Crippen LogP contribution is 2.19. The molecule has 3 aromatic carbocycles. The molecule has 0 fully saturated rings. The average Bonchev–Trinajstić information content (AvgIpc) is 2.71. The number of hydrogen-bond acceptors (Lipinski definition) is 2. The Balaban J connectivity index is 1.60. The predicted octanol–water partition coefficient (Wildman–Crippen LogP) is 4.31. The third-order valence-electron chi connectivity index (χ3n) is 4.07. The summed E-state index contributed by atoms with van der Waals surface area (Å²) in [7, 11) is 0. The van der Waals surface area contributed by atoms with Crippen LogP contribution in [0.3, 0.4) is 0 Å². The standard InChI is InChI=1S/C22H19BrN2O2/c23-20-13-18(21(26)24-14-16-7-3-1-4-8-16)11-12-19(20)22(27)25-15-17-9-5-2-6-10-17/h1-13H,14-15H2,(H,24,26)(H,25,27). The van der Waals surface area contributed by atoms with Gasteiger partial charge in [-0.1, -0.05) is 60.7 Å². The second kappa shape index (κ2) is 9.14. The van der Waals surface area contributed by atoms with Gasteiger partial charge in [-0.2, -0.15) is 0 Å². The molecule has 2 amide bonds. The highest BCUT2D eigenvalue weighted by atomic mass is 79.9. The fourth-order valence-electron chi connectivity index (χ4n) is 2.59. The van der Waals surface area contributed by atoms with Crippen molar-refractivity contribution >= 4 is 27.7 Å². The number of hydrogen-bond donors (Lipinski definition) is 2. The maximum Gasteiger partial charge on any atom is 0.252 e. The van der Waals surface area contributed by atoms with Crippen LogP contribution in [0.1, 0.15) is 31.8 Å².